The van der Waals surface area contributed by atoms with Crippen LogP contribution in [0.15, 0.2) is 24.3 Å². The maximum atomic E-state index is 11.8. The Morgan fingerprint density at radius 3 is 2.50 bits per heavy atom. The zero-order valence-corrected chi connectivity index (χ0v) is 11.1. The van der Waals surface area contributed by atoms with Crippen molar-refractivity contribution in [1.29, 1.82) is 0 Å². The summed E-state index contributed by atoms with van der Waals surface area (Å²) in [5, 5.41) is 2.95. The number of carbonyl (C=O) groups is 1. The third kappa shape index (κ3) is 2.91. The first-order valence-corrected chi connectivity index (χ1v) is 6.76. The predicted molar refractivity (Wildman–Crippen MR) is 74.5 cm³/mol. The van der Waals surface area contributed by atoms with Gasteiger partial charge in [0.25, 0.3) is 0 Å². The minimum atomic E-state index is 0.105. The maximum absolute atomic E-state index is 11.8. The molecule has 3 nitrogen and oxygen atoms in total. The standard InChI is InChI=1S/C15H22N2O/c1-3-10(2)11-4-6-14(7-5-11)17-15(18)12-8-13(16)9-12/h4-7,10,12-13H,3,8-9,16H2,1-2H3,(H,17,18). The highest BCUT2D eigenvalue weighted by Crippen LogP contribution is 2.27. The summed E-state index contributed by atoms with van der Waals surface area (Å²) in [7, 11) is 0. The van der Waals surface area contributed by atoms with Gasteiger partial charge in [-0.1, -0.05) is 26.0 Å². The van der Waals surface area contributed by atoms with Gasteiger partial charge in [0.2, 0.25) is 5.91 Å². The summed E-state index contributed by atoms with van der Waals surface area (Å²) >= 11 is 0. The van der Waals surface area contributed by atoms with Gasteiger partial charge in [0, 0.05) is 17.6 Å². The lowest BCUT2D eigenvalue weighted by atomic mass is 9.80. The second kappa shape index (κ2) is 5.53. The Morgan fingerprint density at radius 1 is 1.39 bits per heavy atom. The SMILES string of the molecule is CCC(C)c1ccc(NC(=O)C2CC(N)C2)cc1. The molecule has 0 spiro atoms. The van der Waals surface area contributed by atoms with E-state index in [0.717, 1.165) is 24.9 Å². The van der Waals surface area contributed by atoms with Crippen LogP contribution in [0.2, 0.25) is 0 Å². The van der Waals surface area contributed by atoms with Crippen molar-refractivity contribution in [2.24, 2.45) is 11.7 Å². The molecule has 0 aromatic heterocycles. The van der Waals surface area contributed by atoms with Crippen molar-refractivity contribution in [3.8, 4) is 0 Å². The maximum Gasteiger partial charge on any atom is 0.227 e. The Labute approximate surface area is 109 Å². The average Bonchev–Trinajstić information content (AvgIpc) is 2.35. The van der Waals surface area contributed by atoms with Gasteiger partial charge in [-0.3, -0.25) is 4.79 Å². The fraction of sp³-hybridized carbons (Fsp3) is 0.533. The molecular weight excluding hydrogens is 224 g/mol. The van der Waals surface area contributed by atoms with E-state index in [4.69, 9.17) is 5.73 Å². The largest absolute Gasteiger partial charge is 0.328 e. The van der Waals surface area contributed by atoms with Gasteiger partial charge in [0.05, 0.1) is 0 Å². The van der Waals surface area contributed by atoms with Gasteiger partial charge in [-0.15, -0.1) is 0 Å². The molecule has 1 atom stereocenters. The smallest absolute Gasteiger partial charge is 0.227 e. The lowest BCUT2D eigenvalue weighted by Crippen LogP contribution is -2.42. The summed E-state index contributed by atoms with van der Waals surface area (Å²) < 4.78 is 0. The Morgan fingerprint density at radius 2 is 2.00 bits per heavy atom. The van der Waals surface area contributed by atoms with Crippen molar-refractivity contribution >= 4 is 11.6 Å². The van der Waals surface area contributed by atoms with Crippen LogP contribution in [0.3, 0.4) is 0 Å². The van der Waals surface area contributed by atoms with Gasteiger partial charge in [-0.05, 0) is 42.9 Å². The van der Waals surface area contributed by atoms with E-state index in [0.29, 0.717) is 5.92 Å². The normalized spacial score (nSPS) is 24.2. The van der Waals surface area contributed by atoms with E-state index in [2.05, 4.69) is 31.3 Å². The summed E-state index contributed by atoms with van der Waals surface area (Å²) in [6, 6.07) is 8.37. The molecule has 1 aliphatic carbocycles. The summed E-state index contributed by atoms with van der Waals surface area (Å²) in [6.07, 6.45) is 2.76. The van der Waals surface area contributed by atoms with Crippen molar-refractivity contribution in [2.45, 2.75) is 45.1 Å². The predicted octanol–water partition coefficient (Wildman–Crippen LogP) is 2.88. The molecule has 0 aliphatic heterocycles. The second-order valence-corrected chi connectivity index (χ2v) is 5.35. The molecule has 1 saturated carbocycles. The molecule has 1 aromatic rings. The van der Waals surface area contributed by atoms with Crippen molar-refractivity contribution in [1.82, 2.24) is 0 Å². The number of nitrogens with two attached hydrogens (primary N) is 1. The Bertz CT molecular complexity index is 407. The molecule has 1 aliphatic rings. The summed E-state index contributed by atoms with van der Waals surface area (Å²) in [6.45, 7) is 4.39. The number of benzene rings is 1. The fourth-order valence-corrected chi connectivity index (χ4v) is 2.25. The van der Waals surface area contributed by atoms with Gasteiger partial charge in [-0.25, -0.2) is 0 Å². The molecule has 3 N–H and O–H groups in total. The molecule has 2 rings (SSSR count). The van der Waals surface area contributed by atoms with Crippen LogP contribution in [0.5, 0.6) is 0 Å². The quantitative estimate of drug-likeness (QED) is 0.858. The molecule has 0 bridgehead atoms. The van der Waals surface area contributed by atoms with Gasteiger partial charge < -0.3 is 11.1 Å². The van der Waals surface area contributed by atoms with E-state index >= 15 is 0 Å². The molecule has 0 heterocycles. The molecular formula is C15H22N2O. The van der Waals surface area contributed by atoms with Crippen molar-refractivity contribution in [3.05, 3.63) is 29.8 Å². The molecule has 1 unspecified atom stereocenters. The lowest BCUT2D eigenvalue weighted by Gasteiger charge is -2.31. The van der Waals surface area contributed by atoms with Crippen molar-refractivity contribution < 1.29 is 4.79 Å². The minimum absolute atomic E-state index is 0.105. The van der Waals surface area contributed by atoms with Crippen LogP contribution in [0.4, 0.5) is 5.69 Å². The third-order valence-electron chi connectivity index (χ3n) is 3.90. The van der Waals surface area contributed by atoms with Gasteiger partial charge in [0.15, 0.2) is 0 Å². The summed E-state index contributed by atoms with van der Waals surface area (Å²) in [5.41, 5.74) is 7.89. The van der Waals surface area contributed by atoms with Crippen LogP contribution in [0, 0.1) is 5.92 Å². The van der Waals surface area contributed by atoms with Crippen LogP contribution in [-0.4, -0.2) is 11.9 Å². The number of hydrogen-bond acceptors (Lipinski definition) is 2. The summed E-state index contributed by atoms with van der Waals surface area (Å²) in [4.78, 5) is 11.8. The average molecular weight is 246 g/mol. The topological polar surface area (TPSA) is 55.1 Å². The lowest BCUT2D eigenvalue weighted by molar-refractivity contribution is -0.122. The van der Waals surface area contributed by atoms with Crippen LogP contribution in [-0.2, 0) is 4.79 Å². The zero-order chi connectivity index (χ0) is 13.1. The molecule has 3 heteroatoms. The van der Waals surface area contributed by atoms with Crippen LogP contribution >= 0.6 is 0 Å². The first-order valence-electron chi connectivity index (χ1n) is 6.76. The summed E-state index contributed by atoms with van der Waals surface area (Å²) in [5.74, 6) is 0.779. The molecule has 1 aromatic carbocycles. The fourth-order valence-electron chi connectivity index (χ4n) is 2.25. The molecule has 1 fully saturated rings. The number of amides is 1. The van der Waals surface area contributed by atoms with Crippen LogP contribution in [0.1, 0.15) is 44.6 Å². The first-order chi connectivity index (χ1) is 8.60. The Balaban J connectivity index is 1.92. The number of carbonyl (C=O) groups excluding carboxylic acids is 1. The Kier molecular flexibility index (Phi) is 4.02. The van der Waals surface area contributed by atoms with E-state index in [1.165, 1.54) is 5.56 Å². The molecule has 0 radical (unpaired) electrons. The number of rotatable bonds is 4. The number of nitrogens with one attached hydrogen (secondary N) is 1. The Hall–Kier alpha value is -1.35. The highest BCUT2D eigenvalue weighted by molar-refractivity contribution is 5.93. The monoisotopic (exact) mass is 246 g/mol. The van der Waals surface area contributed by atoms with Gasteiger partial charge in [-0.2, -0.15) is 0 Å². The van der Waals surface area contributed by atoms with E-state index in [1.807, 2.05) is 12.1 Å². The van der Waals surface area contributed by atoms with E-state index < -0.39 is 0 Å². The van der Waals surface area contributed by atoms with Gasteiger partial charge >= 0.3 is 0 Å². The van der Waals surface area contributed by atoms with Crippen LogP contribution in [0.25, 0.3) is 0 Å². The first kappa shape index (κ1) is 13.1. The molecule has 18 heavy (non-hydrogen) atoms. The van der Waals surface area contributed by atoms with Crippen molar-refractivity contribution in [3.63, 3.8) is 0 Å². The van der Waals surface area contributed by atoms with E-state index in [-0.39, 0.29) is 17.9 Å². The number of anilines is 1. The zero-order valence-electron chi connectivity index (χ0n) is 11.1. The van der Waals surface area contributed by atoms with Crippen molar-refractivity contribution in [2.75, 3.05) is 5.32 Å². The third-order valence-corrected chi connectivity index (χ3v) is 3.90. The minimum Gasteiger partial charge on any atom is -0.328 e. The highest BCUT2D eigenvalue weighted by atomic mass is 16.1. The van der Waals surface area contributed by atoms with Crippen LogP contribution < -0.4 is 11.1 Å². The van der Waals surface area contributed by atoms with E-state index in [1.54, 1.807) is 0 Å². The number of hydrogen-bond donors (Lipinski definition) is 2. The highest BCUT2D eigenvalue weighted by Gasteiger charge is 2.31. The van der Waals surface area contributed by atoms with Gasteiger partial charge in [0.1, 0.15) is 0 Å². The second-order valence-electron chi connectivity index (χ2n) is 5.35. The molecule has 0 saturated heterocycles. The van der Waals surface area contributed by atoms with E-state index in [9.17, 15) is 4.79 Å². The molecule has 98 valence electrons. The molecule has 1 amide bonds.